The summed E-state index contributed by atoms with van der Waals surface area (Å²) in [4.78, 5) is 18.6. The van der Waals surface area contributed by atoms with Crippen LogP contribution in [0.5, 0.6) is 0 Å². The minimum absolute atomic E-state index is 0.184. The molecule has 1 N–H and O–H groups in total. The summed E-state index contributed by atoms with van der Waals surface area (Å²) in [7, 11) is 0. The maximum absolute atomic E-state index is 12.1. The molecule has 0 aromatic carbocycles. The van der Waals surface area contributed by atoms with Crippen LogP contribution in [0.15, 0.2) is 18.2 Å². The molecule has 0 aliphatic carbocycles. The molecule has 2 heterocycles. The zero-order chi connectivity index (χ0) is 14.8. The summed E-state index contributed by atoms with van der Waals surface area (Å²) in [5, 5.41) is 3.20. The van der Waals surface area contributed by atoms with E-state index in [-0.39, 0.29) is 11.3 Å². The van der Waals surface area contributed by atoms with Crippen LogP contribution in [0.1, 0.15) is 39.8 Å². The Hall–Kier alpha value is -1.58. The van der Waals surface area contributed by atoms with Crippen molar-refractivity contribution in [3.05, 3.63) is 23.9 Å². The van der Waals surface area contributed by atoms with Gasteiger partial charge in [-0.2, -0.15) is 0 Å². The Labute approximate surface area is 121 Å². The molecule has 1 unspecified atom stereocenters. The van der Waals surface area contributed by atoms with Crippen molar-refractivity contribution in [1.82, 2.24) is 9.88 Å². The van der Waals surface area contributed by atoms with Crippen LogP contribution in [0.3, 0.4) is 0 Å². The molecule has 1 aromatic rings. The molecule has 2 rings (SSSR count). The summed E-state index contributed by atoms with van der Waals surface area (Å²) in [5.41, 5.74) is 1.13. The molecule has 1 saturated heterocycles. The number of likely N-dealkylation sites (tertiary alicyclic amines) is 1. The number of carbonyl (C=O) groups is 1. The lowest BCUT2D eigenvalue weighted by molar-refractivity contribution is -0.128. The van der Waals surface area contributed by atoms with Crippen LogP contribution < -0.4 is 5.32 Å². The third-order valence-corrected chi connectivity index (χ3v) is 3.96. The predicted octanol–water partition coefficient (Wildman–Crippen LogP) is 2.91. The van der Waals surface area contributed by atoms with Crippen molar-refractivity contribution in [3.63, 3.8) is 0 Å². The van der Waals surface area contributed by atoms with Crippen LogP contribution >= 0.6 is 0 Å². The summed E-state index contributed by atoms with van der Waals surface area (Å²) in [6.45, 7) is 11.0. The van der Waals surface area contributed by atoms with Crippen molar-refractivity contribution in [2.75, 3.05) is 18.4 Å². The van der Waals surface area contributed by atoms with Crippen LogP contribution in [0.25, 0.3) is 0 Å². The third-order valence-electron chi connectivity index (χ3n) is 3.96. The number of anilines is 1. The van der Waals surface area contributed by atoms with Crippen molar-refractivity contribution in [2.24, 2.45) is 11.3 Å². The highest BCUT2D eigenvalue weighted by atomic mass is 16.2. The summed E-state index contributed by atoms with van der Waals surface area (Å²) in [6, 6.07) is 5.93. The SMILES string of the molecule is CCNc1cccc(CN2CC(C(C)(C)C)CC2=O)n1. The molecular formula is C16H25N3O. The van der Waals surface area contributed by atoms with E-state index in [0.717, 1.165) is 24.6 Å². The Balaban J connectivity index is 2.03. The lowest BCUT2D eigenvalue weighted by Gasteiger charge is -2.26. The number of amides is 1. The molecule has 0 radical (unpaired) electrons. The maximum Gasteiger partial charge on any atom is 0.223 e. The molecule has 0 bridgehead atoms. The van der Waals surface area contributed by atoms with Gasteiger partial charge in [-0.25, -0.2) is 4.98 Å². The van der Waals surface area contributed by atoms with Crippen molar-refractivity contribution < 1.29 is 4.79 Å². The molecule has 1 amide bonds. The fourth-order valence-corrected chi connectivity index (χ4v) is 2.55. The molecular weight excluding hydrogens is 250 g/mol. The van der Waals surface area contributed by atoms with Crippen molar-refractivity contribution in [3.8, 4) is 0 Å². The first kappa shape index (κ1) is 14.8. The number of rotatable bonds is 4. The van der Waals surface area contributed by atoms with Crippen LogP contribution in [0.2, 0.25) is 0 Å². The van der Waals surface area contributed by atoms with Gasteiger partial charge in [0.25, 0.3) is 0 Å². The second-order valence-corrected chi connectivity index (χ2v) is 6.59. The van der Waals surface area contributed by atoms with Crippen molar-refractivity contribution in [1.29, 1.82) is 0 Å². The summed E-state index contributed by atoms with van der Waals surface area (Å²) < 4.78 is 0. The van der Waals surface area contributed by atoms with Gasteiger partial charge in [0.2, 0.25) is 5.91 Å². The topological polar surface area (TPSA) is 45.2 Å². The van der Waals surface area contributed by atoms with Crippen LogP contribution in [-0.2, 0) is 11.3 Å². The lowest BCUT2D eigenvalue weighted by Crippen LogP contribution is -2.27. The standard InChI is InChI=1S/C16H25N3O/c1-5-17-14-8-6-7-13(18-14)11-19-10-12(9-15(19)20)16(2,3)4/h6-8,12H,5,9-11H2,1-4H3,(H,17,18). The Morgan fingerprint density at radius 2 is 2.15 bits per heavy atom. The van der Waals surface area contributed by atoms with Crippen LogP contribution in [0.4, 0.5) is 5.82 Å². The molecule has 1 aromatic heterocycles. The van der Waals surface area contributed by atoms with Gasteiger partial charge < -0.3 is 10.2 Å². The van der Waals surface area contributed by atoms with E-state index in [0.29, 0.717) is 18.9 Å². The van der Waals surface area contributed by atoms with E-state index < -0.39 is 0 Å². The van der Waals surface area contributed by atoms with Gasteiger partial charge in [0.05, 0.1) is 12.2 Å². The first-order valence-electron chi connectivity index (χ1n) is 7.37. The third kappa shape index (κ3) is 3.50. The predicted molar refractivity (Wildman–Crippen MR) is 81.4 cm³/mol. The number of nitrogens with one attached hydrogen (secondary N) is 1. The Kier molecular flexibility index (Phi) is 4.31. The highest BCUT2D eigenvalue weighted by molar-refractivity contribution is 5.78. The minimum atomic E-state index is 0.184. The van der Waals surface area contributed by atoms with E-state index in [1.807, 2.05) is 30.0 Å². The second kappa shape index (κ2) is 5.81. The Bertz CT molecular complexity index is 479. The number of pyridine rings is 1. The first-order valence-corrected chi connectivity index (χ1v) is 7.37. The number of nitrogens with zero attached hydrogens (tertiary/aromatic N) is 2. The second-order valence-electron chi connectivity index (χ2n) is 6.59. The molecule has 0 spiro atoms. The largest absolute Gasteiger partial charge is 0.370 e. The average molecular weight is 275 g/mol. The molecule has 1 fully saturated rings. The molecule has 110 valence electrons. The average Bonchev–Trinajstić information content (AvgIpc) is 2.72. The van der Waals surface area contributed by atoms with Crippen molar-refractivity contribution in [2.45, 2.75) is 40.7 Å². The van der Waals surface area contributed by atoms with Gasteiger partial charge >= 0.3 is 0 Å². The number of hydrogen-bond donors (Lipinski definition) is 1. The van der Waals surface area contributed by atoms with E-state index in [1.54, 1.807) is 0 Å². The smallest absolute Gasteiger partial charge is 0.223 e. The highest BCUT2D eigenvalue weighted by Crippen LogP contribution is 2.34. The Morgan fingerprint density at radius 1 is 1.40 bits per heavy atom. The minimum Gasteiger partial charge on any atom is -0.370 e. The van der Waals surface area contributed by atoms with Crippen LogP contribution in [-0.4, -0.2) is 28.9 Å². The molecule has 0 saturated carbocycles. The molecule has 1 aliphatic rings. The fourth-order valence-electron chi connectivity index (χ4n) is 2.55. The van der Waals surface area contributed by atoms with E-state index >= 15 is 0 Å². The summed E-state index contributed by atoms with van der Waals surface area (Å²) in [5.74, 6) is 1.57. The van der Waals surface area contributed by atoms with Gasteiger partial charge in [-0.1, -0.05) is 26.8 Å². The number of aromatic nitrogens is 1. The molecule has 1 atom stereocenters. The first-order chi connectivity index (χ1) is 9.40. The van der Waals surface area contributed by atoms with E-state index in [1.165, 1.54) is 0 Å². The normalized spacial score (nSPS) is 19.5. The monoisotopic (exact) mass is 275 g/mol. The Morgan fingerprint density at radius 3 is 2.75 bits per heavy atom. The molecule has 4 nitrogen and oxygen atoms in total. The van der Waals surface area contributed by atoms with E-state index in [9.17, 15) is 4.79 Å². The van der Waals surface area contributed by atoms with Gasteiger partial charge in [0.1, 0.15) is 5.82 Å². The van der Waals surface area contributed by atoms with Gasteiger partial charge in [-0.3, -0.25) is 4.79 Å². The molecule has 1 aliphatic heterocycles. The fraction of sp³-hybridized carbons (Fsp3) is 0.625. The molecule has 20 heavy (non-hydrogen) atoms. The van der Waals surface area contributed by atoms with Gasteiger partial charge in [0, 0.05) is 19.5 Å². The van der Waals surface area contributed by atoms with Gasteiger partial charge in [-0.05, 0) is 30.4 Å². The zero-order valence-corrected chi connectivity index (χ0v) is 12.9. The molecule has 4 heteroatoms. The van der Waals surface area contributed by atoms with E-state index in [4.69, 9.17) is 0 Å². The maximum atomic E-state index is 12.1. The van der Waals surface area contributed by atoms with Gasteiger partial charge in [-0.15, -0.1) is 0 Å². The van der Waals surface area contributed by atoms with Crippen molar-refractivity contribution >= 4 is 11.7 Å². The number of hydrogen-bond acceptors (Lipinski definition) is 3. The number of carbonyl (C=O) groups excluding carboxylic acids is 1. The van der Waals surface area contributed by atoms with Crippen LogP contribution in [0, 0.1) is 11.3 Å². The summed E-state index contributed by atoms with van der Waals surface area (Å²) >= 11 is 0. The summed E-state index contributed by atoms with van der Waals surface area (Å²) in [6.07, 6.45) is 0.663. The van der Waals surface area contributed by atoms with Gasteiger partial charge in [0.15, 0.2) is 0 Å². The zero-order valence-electron chi connectivity index (χ0n) is 12.9. The lowest BCUT2D eigenvalue weighted by atomic mass is 9.80. The quantitative estimate of drug-likeness (QED) is 0.919. The highest BCUT2D eigenvalue weighted by Gasteiger charge is 2.36. The van der Waals surface area contributed by atoms with E-state index in [2.05, 4.69) is 31.1 Å².